The molecule has 0 bridgehead atoms. The van der Waals surface area contributed by atoms with E-state index < -0.39 is 0 Å². The van der Waals surface area contributed by atoms with Crippen LogP contribution in [0.4, 0.5) is 5.69 Å². The molecule has 1 aromatic carbocycles. The molecule has 2 heteroatoms. The van der Waals surface area contributed by atoms with Crippen LogP contribution in [0.3, 0.4) is 0 Å². The molecule has 2 unspecified atom stereocenters. The topological polar surface area (TPSA) is 32.3 Å². The summed E-state index contributed by atoms with van der Waals surface area (Å²) >= 11 is 0. The molecule has 0 aromatic heterocycles. The van der Waals surface area contributed by atoms with Gasteiger partial charge in [-0.2, -0.15) is 0 Å². The van der Waals surface area contributed by atoms with Crippen LogP contribution in [0.25, 0.3) is 0 Å². The lowest BCUT2D eigenvalue weighted by Gasteiger charge is -2.26. The summed E-state index contributed by atoms with van der Waals surface area (Å²) in [5.74, 6) is 1.76. The Morgan fingerprint density at radius 3 is 2.78 bits per heavy atom. The molecule has 1 aliphatic rings. The lowest BCUT2D eigenvalue weighted by atomic mass is 9.83. The first-order chi connectivity index (χ1) is 8.54. The monoisotopic (exact) mass is 245 g/mol. The highest BCUT2D eigenvalue weighted by Gasteiger charge is 2.17. The van der Waals surface area contributed by atoms with Crippen LogP contribution in [0, 0.1) is 18.8 Å². The number of hydrogen-bond donors (Lipinski definition) is 2. The lowest BCUT2D eigenvalue weighted by Crippen LogP contribution is -2.20. The molecule has 2 nitrogen and oxygen atoms in total. The van der Waals surface area contributed by atoms with Gasteiger partial charge in [0, 0.05) is 12.2 Å². The number of aryl methyl sites for hydroxylation is 1. The summed E-state index contributed by atoms with van der Waals surface area (Å²) in [6.45, 7) is 7.56. The van der Waals surface area contributed by atoms with E-state index in [1.165, 1.54) is 18.4 Å². The number of anilines is 1. The van der Waals surface area contributed by atoms with Crippen LogP contribution in [0.1, 0.15) is 32.3 Å². The largest absolute Gasteiger partial charge is 0.508 e. The predicted molar refractivity (Wildman–Crippen MR) is 77.0 cm³/mol. The Morgan fingerprint density at radius 1 is 1.33 bits per heavy atom. The Balaban J connectivity index is 1.94. The van der Waals surface area contributed by atoms with Crippen molar-refractivity contribution in [3.05, 3.63) is 35.4 Å². The van der Waals surface area contributed by atoms with Crippen LogP contribution < -0.4 is 5.32 Å². The fraction of sp³-hybridized carbons (Fsp3) is 0.500. The van der Waals surface area contributed by atoms with Crippen molar-refractivity contribution in [2.75, 3.05) is 11.9 Å². The highest BCUT2D eigenvalue weighted by Crippen LogP contribution is 2.28. The van der Waals surface area contributed by atoms with E-state index in [-0.39, 0.29) is 0 Å². The maximum Gasteiger partial charge on any atom is 0.115 e. The molecule has 98 valence electrons. The van der Waals surface area contributed by atoms with E-state index in [9.17, 15) is 5.11 Å². The van der Waals surface area contributed by atoms with Gasteiger partial charge in [0.25, 0.3) is 0 Å². The molecular formula is C16H23NO. The highest BCUT2D eigenvalue weighted by molar-refractivity contribution is 5.53. The van der Waals surface area contributed by atoms with Crippen LogP contribution in [-0.2, 0) is 0 Å². The Kier molecular flexibility index (Phi) is 3.95. The van der Waals surface area contributed by atoms with Crippen molar-refractivity contribution < 1.29 is 5.11 Å². The summed E-state index contributed by atoms with van der Waals surface area (Å²) in [4.78, 5) is 0. The second-order valence-corrected chi connectivity index (χ2v) is 5.68. The molecule has 0 fully saturated rings. The number of aromatic hydroxyl groups is 1. The maximum atomic E-state index is 9.39. The molecule has 0 radical (unpaired) electrons. The molecule has 2 atom stereocenters. The minimum absolute atomic E-state index is 0.336. The molecule has 18 heavy (non-hydrogen) atoms. The smallest absolute Gasteiger partial charge is 0.115 e. The second-order valence-electron chi connectivity index (χ2n) is 5.68. The van der Waals surface area contributed by atoms with Gasteiger partial charge >= 0.3 is 0 Å². The zero-order valence-corrected chi connectivity index (χ0v) is 11.5. The Bertz CT molecular complexity index is 450. The number of hydrogen-bond acceptors (Lipinski definition) is 2. The van der Waals surface area contributed by atoms with Crippen LogP contribution in [0.5, 0.6) is 5.75 Å². The summed E-state index contributed by atoms with van der Waals surface area (Å²) < 4.78 is 0. The van der Waals surface area contributed by atoms with E-state index in [1.54, 1.807) is 12.1 Å². The zero-order valence-electron chi connectivity index (χ0n) is 11.5. The molecule has 0 spiro atoms. The van der Waals surface area contributed by atoms with Crippen molar-refractivity contribution in [3.63, 3.8) is 0 Å². The molecule has 1 aromatic rings. The minimum Gasteiger partial charge on any atom is -0.508 e. The third-order valence-corrected chi connectivity index (χ3v) is 3.68. The number of phenols is 1. The number of benzene rings is 1. The fourth-order valence-corrected chi connectivity index (χ4v) is 2.94. The van der Waals surface area contributed by atoms with Gasteiger partial charge in [-0.1, -0.05) is 18.6 Å². The standard InChI is InChI=1S/C16H23NO/c1-11-6-12(2)8-14(7-11)10-17-16-5-4-15(18)9-13(16)3/h4-6,9,11,14,17-18H,7-8,10H2,1-3H3. The van der Waals surface area contributed by atoms with Crippen LogP contribution in [0.15, 0.2) is 29.8 Å². The zero-order chi connectivity index (χ0) is 13.1. The number of phenolic OH excluding ortho intramolecular Hbond substituents is 1. The fourth-order valence-electron chi connectivity index (χ4n) is 2.94. The van der Waals surface area contributed by atoms with Gasteiger partial charge in [-0.15, -0.1) is 0 Å². The summed E-state index contributed by atoms with van der Waals surface area (Å²) in [7, 11) is 0. The molecule has 0 saturated heterocycles. The molecule has 2 rings (SSSR count). The lowest BCUT2D eigenvalue weighted by molar-refractivity contribution is 0.421. The molecule has 0 amide bonds. The first-order valence-electron chi connectivity index (χ1n) is 6.75. The first-order valence-corrected chi connectivity index (χ1v) is 6.75. The van der Waals surface area contributed by atoms with Crippen molar-refractivity contribution in [2.45, 2.75) is 33.6 Å². The molecule has 0 heterocycles. The van der Waals surface area contributed by atoms with Crippen molar-refractivity contribution in [3.8, 4) is 5.75 Å². The molecular weight excluding hydrogens is 222 g/mol. The first kappa shape index (κ1) is 13.0. The van der Waals surface area contributed by atoms with Gasteiger partial charge in [-0.3, -0.25) is 0 Å². The van der Waals surface area contributed by atoms with Gasteiger partial charge in [0.05, 0.1) is 0 Å². The number of rotatable bonds is 3. The summed E-state index contributed by atoms with van der Waals surface area (Å²) in [6.07, 6.45) is 4.86. The predicted octanol–water partition coefficient (Wildman–Crippen LogP) is 4.10. The van der Waals surface area contributed by atoms with Gasteiger partial charge < -0.3 is 10.4 Å². The maximum absolute atomic E-state index is 9.39. The second kappa shape index (κ2) is 5.47. The van der Waals surface area contributed by atoms with E-state index in [0.29, 0.717) is 11.7 Å². The summed E-state index contributed by atoms with van der Waals surface area (Å²) in [5.41, 5.74) is 3.75. The summed E-state index contributed by atoms with van der Waals surface area (Å²) in [5, 5.41) is 12.9. The van der Waals surface area contributed by atoms with Crippen molar-refractivity contribution in [1.82, 2.24) is 0 Å². The third-order valence-electron chi connectivity index (χ3n) is 3.68. The van der Waals surface area contributed by atoms with Gasteiger partial charge in [0.2, 0.25) is 0 Å². The van der Waals surface area contributed by atoms with Crippen LogP contribution in [-0.4, -0.2) is 11.7 Å². The van der Waals surface area contributed by atoms with Gasteiger partial charge in [-0.05, 0) is 62.3 Å². The van der Waals surface area contributed by atoms with E-state index >= 15 is 0 Å². The quantitative estimate of drug-likeness (QED) is 0.620. The van der Waals surface area contributed by atoms with E-state index in [0.717, 1.165) is 23.7 Å². The Morgan fingerprint density at radius 2 is 2.11 bits per heavy atom. The summed E-state index contributed by atoms with van der Waals surface area (Å²) in [6, 6.07) is 5.50. The van der Waals surface area contributed by atoms with Gasteiger partial charge in [0.15, 0.2) is 0 Å². The number of allylic oxidation sites excluding steroid dienone is 2. The minimum atomic E-state index is 0.336. The Hall–Kier alpha value is -1.44. The molecule has 2 N–H and O–H groups in total. The van der Waals surface area contributed by atoms with E-state index in [4.69, 9.17) is 0 Å². The highest BCUT2D eigenvalue weighted by atomic mass is 16.3. The van der Waals surface area contributed by atoms with Crippen molar-refractivity contribution in [1.29, 1.82) is 0 Å². The third kappa shape index (κ3) is 3.28. The van der Waals surface area contributed by atoms with E-state index in [1.807, 2.05) is 13.0 Å². The average Bonchev–Trinajstić information content (AvgIpc) is 2.26. The number of nitrogens with one attached hydrogen (secondary N) is 1. The van der Waals surface area contributed by atoms with Crippen molar-refractivity contribution in [2.24, 2.45) is 11.8 Å². The SMILES string of the molecule is CC1=CC(C)CC(CNc2ccc(O)cc2C)C1. The van der Waals surface area contributed by atoms with Gasteiger partial charge in [-0.25, -0.2) is 0 Å². The molecule has 0 aliphatic heterocycles. The molecule has 1 aliphatic carbocycles. The van der Waals surface area contributed by atoms with Crippen molar-refractivity contribution >= 4 is 5.69 Å². The molecule has 0 saturated carbocycles. The average molecular weight is 245 g/mol. The van der Waals surface area contributed by atoms with Crippen LogP contribution >= 0.6 is 0 Å². The van der Waals surface area contributed by atoms with E-state index in [2.05, 4.69) is 25.2 Å². The van der Waals surface area contributed by atoms with Gasteiger partial charge in [0.1, 0.15) is 5.75 Å². The normalized spacial score (nSPS) is 23.6. The van der Waals surface area contributed by atoms with Crippen LogP contribution in [0.2, 0.25) is 0 Å². The Labute approximate surface area is 110 Å².